The van der Waals surface area contributed by atoms with Gasteiger partial charge in [-0.2, -0.15) is 0 Å². The van der Waals surface area contributed by atoms with Crippen LogP contribution in [0.15, 0.2) is 41.5 Å². The molecule has 3 heterocycles. The zero-order valence-corrected chi connectivity index (χ0v) is 17.8. The van der Waals surface area contributed by atoms with Crippen molar-refractivity contribution in [3.8, 4) is 11.5 Å². The Morgan fingerprint density at radius 3 is 2.91 bits per heavy atom. The largest absolute Gasteiger partial charge is 0.493 e. The van der Waals surface area contributed by atoms with Gasteiger partial charge in [0.15, 0.2) is 11.5 Å². The van der Waals surface area contributed by atoms with E-state index in [4.69, 9.17) is 14.2 Å². The molecule has 1 fully saturated rings. The molecule has 0 aliphatic carbocycles. The van der Waals surface area contributed by atoms with Gasteiger partial charge >= 0.3 is 0 Å². The van der Waals surface area contributed by atoms with Crippen LogP contribution in [0.4, 0.5) is 5.69 Å². The summed E-state index contributed by atoms with van der Waals surface area (Å²) in [5, 5.41) is 15.3. The standard InChI is InChI=1S/C22H24N6O4/c1-30-20-14-16(5-6-19(20)32-12-9-27-7-10-31-11-8-27)23-22(29)18-13-15-3-2-4-17-21(15)28(25-18)26-24-17/h2-6,14H,7-13H2,1H3,(H,23,29). The minimum absolute atomic E-state index is 0.300. The van der Waals surface area contributed by atoms with Gasteiger partial charge in [-0.25, -0.2) is 0 Å². The molecule has 0 saturated carbocycles. The van der Waals surface area contributed by atoms with E-state index in [-0.39, 0.29) is 5.91 Å². The normalized spacial score (nSPS) is 16.0. The average Bonchev–Trinajstić information content (AvgIpc) is 3.25. The van der Waals surface area contributed by atoms with Crippen LogP contribution in [0.2, 0.25) is 0 Å². The lowest BCUT2D eigenvalue weighted by Crippen LogP contribution is -2.38. The van der Waals surface area contributed by atoms with Gasteiger partial charge in [0.1, 0.15) is 23.4 Å². The zero-order chi connectivity index (χ0) is 21.9. The number of anilines is 1. The number of benzene rings is 2. The van der Waals surface area contributed by atoms with Gasteiger partial charge in [0.05, 0.1) is 20.3 Å². The fourth-order valence-electron chi connectivity index (χ4n) is 3.87. The number of nitrogens with one attached hydrogen (secondary N) is 1. The molecule has 2 aromatic carbocycles. The number of nitrogens with zero attached hydrogens (tertiary/aromatic N) is 5. The number of ether oxygens (including phenoxy) is 3. The van der Waals surface area contributed by atoms with Crippen molar-refractivity contribution in [2.24, 2.45) is 5.10 Å². The van der Waals surface area contributed by atoms with Crippen LogP contribution in [0.25, 0.3) is 11.0 Å². The molecule has 32 heavy (non-hydrogen) atoms. The number of para-hydroxylation sites is 1. The number of morpholine rings is 1. The maximum Gasteiger partial charge on any atom is 0.272 e. The summed E-state index contributed by atoms with van der Waals surface area (Å²) in [5.74, 6) is 0.887. The molecule has 0 bridgehead atoms. The number of rotatable bonds is 7. The summed E-state index contributed by atoms with van der Waals surface area (Å²) in [4.78, 5) is 16.6. The van der Waals surface area contributed by atoms with E-state index in [0.717, 1.165) is 49.4 Å². The van der Waals surface area contributed by atoms with Crippen LogP contribution in [0.1, 0.15) is 5.56 Å². The van der Waals surface area contributed by atoms with Crippen molar-refractivity contribution in [1.82, 2.24) is 20.0 Å². The molecule has 10 heteroatoms. The van der Waals surface area contributed by atoms with Crippen LogP contribution < -0.4 is 14.8 Å². The quantitative estimate of drug-likeness (QED) is 0.599. The van der Waals surface area contributed by atoms with E-state index in [1.165, 1.54) is 4.79 Å². The third kappa shape index (κ3) is 4.14. The monoisotopic (exact) mass is 436 g/mol. The molecule has 1 amide bonds. The van der Waals surface area contributed by atoms with Crippen molar-refractivity contribution in [2.45, 2.75) is 6.42 Å². The van der Waals surface area contributed by atoms with Crippen molar-refractivity contribution in [3.05, 3.63) is 42.0 Å². The molecule has 0 radical (unpaired) electrons. The smallest absolute Gasteiger partial charge is 0.272 e. The molecule has 0 unspecified atom stereocenters. The fraction of sp³-hybridized carbons (Fsp3) is 0.364. The Morgan fingerprint density at radius 1 is 1.19 bits per heavy atom. The molecule has 0 atom stereocenters. The van der Waals surface area contributed by atoms with E-state index < -0.39 is 0 Å². The van der Waals surface area contributed by atoms with E-state index >= 15 is 0 Å². The highest BCUT2D eigenvalue weighted by Crippen LogP contribution is 2.30. The van der Waals surface area contributed by atoms with Crippen LogP contribution in [-0.2, 0) is 16.0 Å². The maximum absolute atomic E-state index is 12.9. The molecule has 1 aromatic heterocycles. The third-order valence-corrected chi connectivity index (χ3v) is 5.56. The van der Waals surface area contributed by atoms with Gasteiger partial charge < -0.3 is 19.5 Å². The zero-order valence-electron chi connectivity index (χ0n) is 17.8. The second-order valence-electron chi connectivity index (χ2n) is 7.61. The van der Waals surface area contributed by atoms with E-state index in [2.05, 4.69) is 25.6 Å². The summed E-state index contributed by atoms with van der Waals surface area (Å²) >= 11 is 0. The summed E-state index contributed by atoms with van der Waals surface area (Å²) in [6, 6.07) is 11.1. The van der Waals surface area contributed by atoms with E-state index in [1.54, 1.807) is 25.3 Å². The Morgan fingerprint density at radius 2 is 2.06 bits per heavy atom. The first kappa shape index (κ1) is 20.4. The number of hydrogen-bond donors (Lipinski definition) is 1. The van der Waals surface area contributed by atoms with Crippen molar-refractivity contribution < 1.29 is 19.0 Å². The van der Waals surface area contributed by atoms with Crippen molar-refractivity contribution in [3.63, 3.8) is 0 Å². The van der Waals surface area contributed by atoms with E-state index in [1.807, 2.05) is 18.2 Å². The van der Waals surface area contributed by atoms with Gasteiger partial charge in [0.25, 0.3) is 5.91 Å². The van der Waals surface area contributed by atoms with Gasteiger partial charge in [-0.15, -0.1) is 15.0 Å². The molecule has 1 saturated heterocycles. The molecule has 0 spiro atoms. The number of hydrogen-bond acceptors (Lipinski definition) is 8. The summed E-state index contributed by atoms with van der Waals surface area (Å²) in [6.45, 7) is 4.72. The second kappa shape index (κ2) is 8.93. The lowest BCUT2D eigenvalue weighted by Gasteiger charge is -2.26. The number of carbonyl (C=O) groups excluding carboxylic acids is 1. The van der Waals surface area contributed by atoms with Crippen molar-refractivity contribution in [1.29, 1.82) is 0 Å². The average molecular weight is 436 g/mol. The van der Waals surface area contributed by atoms with Gasteiger partial charge in [-0.3, -0.25) is 9.69 Å². The van der Waals surface area contributed by atoms with Crippen LogP contribution in [0, 0.1) is 0 Å². The number of amides is 1. The van der Waals surface area contributed by atoms with Gasteiger partial charge in [-0.1, -0.05) is 12.1 Å². The van der Waals surface area contributed by atoms with Gasteiger partial charge in [0.2, 0.25) is 0 Å². The van der Waals surface area contributed by atoms with Gasteiger partial charge in [0, 0.05) is 37.8 Å². The highest BCUT2D eigenvalue weighted by Gasteiger charge is 2.22. The first-order valence-electron chi connectivity index (χ1n) is 10.5. The first-order chi connectivity index (χ1) is 15.7. The van der Waals surface area contributed by atoms with Crippen LogP contribution in [0.5, 0.6) is 11.5 Å². The number of methoxy groups -OCH3 is 1. The molecule has 2 aliphatic rings. The third-order valence-electron chi connectivity index (χ3n) is 5.56. The van der Waals surface area contributed by atoms with Crippen LogP contribution >= 0.6 is 0 Å². The topological polar surface area (TPSA) is 103 Å². The number of carbonyl (C=O) groups is 1. The highest BCUT2D eigenvalue weighted by atomic mass is 16.5. The molecule has 3 aromatic rings. The van der Waals surface area contributed by atoms with Crippen molar-refractivity contribution >= 4 is 28.3 Å². The Labute approximate surface area is 184 Å². The fourth-order valence-corrected chi connectivity index (χ4v) is 3.87. The maximum atomic E-state index is 12.9. The van der Waals surface area contributed by atoms with Crippen LogP contribution in [0.3, 0.4) is 0 Å². The summed E-state index contributed by atoms with van der Waals surface area (Å²) in [6.07, 6.45) is 0.413. The summed E-state index contributed by atoms with van der Waals surface area (Å²) in [5.41, 5.74) is 3.52. The molecule has 2 aliphatic heterocycles. The first-order valence-corrected chi connectivity index (χ1v) is 10.5. The minimum Gasteiger partial charge on any atom is -0.493 e. The molecule has 1 N–H and O–H groups in total. The Balaban J connectivity index is 1.24. The van der Waals surface area contributed by atoms with E-state index in [0.29, 0.717) is 35.9 Å². The van der Waals surface area contributed by atoms with Gasteiger partial charge in [-0.05, 0) is 29.0 Å². The Kier molecular flexibility index (Phi) is 5.70. The van der Waals surface area contributed by atoms with Crippen LogP contribution in [-0.4, -0.2) is 78.2 Å². The van der Waals surface area contributed by atoms with Crippen molar-refractivity contribution in [2.75, 3.05) is 51.9 Å². The molecule has 10 nitrogen and oxygen atoms in total. The SMILES string of the molecule is COc1cc(NC(=O)C2=Nn3nnc4cccc(c43)C2)ccc1OCCN1CCOCC1. The summed E-state index contributed by atoms with van der Waals surface area (Å²) < 4.78 is 16.7. The highest BCUT2D eigenvalue weighted by molar-refractivity contribution is 6.43. The lowest BCUT2D eigenvalue weighted by molar-refractivity contribution is -0.110. The summed E-state index contributed by atoms with van der Waals surface area (Å²) in [7, 11) is 1.58. The Bertz CT molecular complexity index is 1170. The number of aromatic nitrogens is 3. The lowest BCUT2D eigenvalue weighted by atomic mass is 10.0. The predicted octanol–water partition coefficient (Wildman–Crippen LogP) is 1.55. The minimum atomic E-state index is -0.300. The Hall–Kier alpha value is -3.50. The predicted molar refractivity (Wildman–Crippen MR) is 118 cm³/mol. The van der Waals surface area contributed by atoms with E-state index in [9.17, 15) is 4.79 Å². The molecular formula is C22H24N6O4. The molecule has 166 valence electrons. The molecule has 5 rings (SSSR count). The molecular weight excluding hydrogens is 412 g/mol. The second-order valence-corrected chi connectivity index (χ2v) is 7.61.